The van der Waals surface area contributed by atoms with Gasteiger partial charge in [0.1, 0.15) is 0 Å². The highest BCUT2D eigenvalue weighted by Gasteiger charge is 2.28. The molecule has 0 saturated carbocycles. The Balaban J connectivity index is 1.83. The molecule has 0 saturated heterocycles. The summed E-state index contributed by atoms with van der Waals surface area (Å²) in [5, 5.41) is 1.08. The molecule has 0 aliphatic carbocycles. The Morgan fingerprint density at radius 3 is 1.29 bits per heavy atom. The molecule has 28 heavy (non-hydrogen) atoms. The predicted molar refractivity (Wildman–Crippen MR) is 112 cm³/mol. The van der Waals surface area contributed by atoms with Crippen LogP contribution >= 0.6 is 15.2 Å². The van der Waals surface area contributed by atoms with E-state index >= 15 is 0 Å². The molecule has 2 rings (SSSR count). The third-order valence-corrected chi connectivity index (χ3v) is 7.91. The van der Waals surface area contributed by atoms with Gasteiger partial charge >= 0.3 is 15.2 Å². The normalized spacial score (nSPS) is 15.6. The fourth-order valence-electron chi connectivity index (χ4n) is 2.51. The number of unbranched alkanes of at least 4 members (excludes halogenated alkanes) is 1. The van der Waals surface area contributed by atoms with Gasteiger partial charge in [-0.15, -0.1) is 0 Å². The molecule has 0 amide bonds. The van der Waals surface area contributed by atoms with Crippen molar-refractivity contribution in [2.45, 2.75) is 26.7 Å². The van der Waals surface area contributed by atoms with Crippen LogP contribution in [0.5, 0.6) is 0 Å². The number of hydrogen-bond acceptors (Lipinski definition) is 6. The first-order chi connectivity index (χ1) is 13.5. The van der Waals surface area contributed by atoms with Crippen molar-refractivity contribution in [2.24, 2.45) is 0 Å². The van der Waals surface area contributed by atoms with E-state index in [0.717, 1.165) is 0 Å². The van der Waals surface area contributed by atoms with Crippen LogP contribution in [0.3, 0.4) is 0 Å². The molecule has 2 aromatic carbocycles. The Bertz CT molecular complexity index is 714. The van der Waals surface area contributed by atoms with E-state index in [1.54, 1.807) is 62.4 Å². The topological polar surface area (TPSA) is 71.1 Å². The summed E-state index contributed by atoms with van der Waals surface area (Å²) < 4.78 is 47.9. The molecule has 0 aromatic heterocycles. The van der Waals surface area contributed by atoms with Gasteiger partial charge in [0.2, 0.25) is 0 Å². The molecule has 8 heteroatoms. The van der Waals surface area contributed by atoms with Crippen LogP contribution in [0.1, 0.15) is 26.7 Å². The van der Waals surface area contributed by atoms with Crippen LogP contribution in [-0.4, -0.2) is 26.4 Å². The molecule has 0 radical (unpaired) electrons. The maximum absolute atomic E-state index is 12.9. The Labute approximate surface area is 167 Å². The first kappa shape index (κ1) is 23.0. The van der Waals surface area contributed by atoms with Crippen molar-refractivity contribution < 1.29 is 27.2 Å². The highest BCUT2D eigenvalue weighted by Crippen LogP contribution is 2.48. The van der Waals surface area contributed by atoms with Crippen molar-refractivity contribution in [2.75, 3.05) is 26.4 Å². The quantitative estimate of drug-likeness (QED) is 0.335. The van der Waals surface area contributed by atoms with Gasteiger partial charge in [0.05, 0.1) is 37.0 Å². The summed E-state index contributed by atoms with van der Waals surface area (Å²) in [4.78, 5) is 0. The number of benzene rings is 2. The van der Waals surface area contributed by atoms with Gasteiger partial charge < -0.3 is 18.1 Å². The van der Waals surface area contributed by atoms with Gasteiger partial charge in [0.25, 0.3) is 0 Å². The summed E-state index contributed by atoms with van der Waals surface area (Å²) >= 11 is 0. The fraction of sp³-hybridized carbons (Fsp3) is 0.400. The van der Waals surface area contributed by atoms with E-state index in [9.17, 15) is 9.13 Å². The van der Waals surface area contributed by atoms with Crippen molar-refractivity contribution in [3.05, 3.63) is 60.7 Å². The van der Waals surface area contributed by atoms with Gasteiger partial charge in [-0.2, -0.15) is 0 Å². The number of hydrogen-bond donors (Lipinski definition) is 0. The lowest BCUT2D eigenvalue weighted by Crippen LogP contribution is -2.12. The SMILES string of the molecule is CCOP(=O)(OCCCCOP(=O)(OCC)c1ccccc1)c1ccccc1. The lowest BCUT2D eigenvalue weighted by Gasteiger charge is -2.19. The molecule has 0 fully saturated rings. The van der Waals surface area contributed by atoms with E-state index in [1.807, 2.05) is 12.1 Å². The Kier molecular flexibility index (Phi) is 9.60. The zero-order valence-corrected chi connectivity index (χ0v) is 18.1. The fourth-order valence-corrected chi connectivity index (χ4v) is 5.75. The van der Waals surface area contributed by atoms with Gasteiger partial charge in [-0.05, 0) is 51.0 Å². The van der Waals surface area contributed by atoms with E-state index in [1.165, 1.54) is 0 Å². The van der Waals surface area contributed by atoms with Crippen LogP contribution in [-0.2, 0) is 27.2 Å². The smallest absolute Gasteiger partial charge is 0.305 e. The highest BCUT2D eigenvalue weighted by atomic mass is 31.2. The Morgan fingerprint density at radius 1 is 0.607 bits per heavy atom. The third-order valence-electron chi connectivity index (χ3n) is 3.80. The van der Waals surface area contributed by atoms with Crippen LogP contribution in [0, 0.1) is 0 Å². The van der Waals surface area contributed by atoms with Crippen molar-refractivity contribution in [1.82, 2.24) is 0 Å². The van der Waals surface area contributed by atoms with Crippen LogP contribution in [0.15, 0.2) is 60.7 Å². The van der Waals surface area contributed by atoms with Crippen LogP contribution < -0.4 is 10.6 Å². The lowest BCUT2D eigenvalue weighted by atomic mass is 10.3. The summed E-state index contributed by atoms with van der Waals surface area (Å²) in [5.74, 6) is 0. The van der Waals surface area contributed by atoms with Gasteiger partial charge in [-0.25, -0.2) is 0 Å². The van der Waals surface area contributed by atoms with Crippen molar-refractivity contribution in [3.8, 4) is 0 Å². The molecule has 2 unspecified atom stereocenters. The molecule has 0 heterocycles. The molecule has 0 bridgehead atoms. The minimum Gasteiger partial charge on any atom is -0.305 e. The maximum Gasteiger partial charge on any atom is 0.361 e. The van der Waals surface area contributed by atoms with E-state index < -0.39 is 15.2 Å². The molecule has 0 aliphatic heterocycles. The van der Waals surface area contributed by atoms with E-state index in [0.29, 0.717) is 36.7 Å². The second kappa shape index (κ2) is 11.7. The highest BCUT2D eigenvalue weighted by molar-refractivity contribution is 7.62. The van der Waals surface area contributed by atoms with E-state index in [4.69, 9.17) is 18.1 Å². The second-order valence-corrected chi connectivity index (χ2v) is 9.93. The predicted octanol–water partition coefficient (Wildman–Crippen LogP) is 4.91. The molecule has 6 nitrogen and oxygen atoms in total. The molecule has 0 aliphatic rings. The van der Waals surface area contributed by atoms with Crippen LogP contribution in [0.25, 0.3) is 0 Å². The zero-order chi connectivity index (χ0) is 20.3. The minimum absolute atomic E-state index is 0.250. The van der Waals surface area contributed by atoms with Gasteiger partial charge in [-0.1, -0.05) is 36.4 Å². The second-order valence-electron chi connectivity index (χ2n) is 5.88. The monoisotopic (exact) mass is 426 g/mol. The largest absolute Gasteiger partial charge is 0.361 e. The zero-order valence-electron chi connectivity index (χ0n) is 16.4. The van der Waals surface area contributed by atoms with Gasteiger partial charge in [-0.3, -0.25) is 9.13 Å². The Hall–Kier alpha value is -1.26. The summed E-state index contributed by atoms with van der Waals surface area (Å²) in [6.07, 6.45) is 1.18. The van der Waals surface area contributed by atoms with Crippen LogP contribution in [0.4, 0.5) is 0 Å². The van der Waals surface area contributed by atoms with Gasteiger partial charge in [0, 0.05) is 0 Å². The summed E-state index contributed by atoms with van der Waals surface area (Å²) in [6.45, 7) is 4.65. The van der Waals surface area contributed by atoms with Crippen molar-refractivity contribution >= 4 is 25.8 Å². The van der Waals surface area contributed by atoms with Crippen molar-refractivity contribution in [1.29, 1.82) is 0 Å². The molecule has 2 atom stereocenters. The molecule has 0 spiro atoms. The first-order valence-electron chi connectivity index (χ1n) is 9.43. The molecule has 154 valence electrons. The number of rotatable bonds is 13. The summed E-state index contributed by atoms with van der Waals surface area (Å²) in [7, 11) is -6.66. The summed E-state index contributed by atoms with van der Waals surface area (Å²) in [6, 6.07) is 17.8. The lowest BCUT2D eigenvalue weighted by molar-refractivity contribution is 0.196. The molecule has 2 aromatic rings. The molecular weight excluding hydrogens is 398 g/mol. The standard InChI is InChI=1S/C20H28O6P2/c1-3-23-27(21,19-13-7-5-8-14-19)25-17-11-12-18-26-28(22,24-4-2)20-15-9-6-10-16-20/h5-10,13-16H,3-4,11-12,17-18H2,1-2H3. The first-order valence-corrected chi connectivity index (χ1v) is 12.5. The Morgan fingerprint density at radius 2 is 0.964 bits per heavy atom. The van der Waals surface area contributed by atoms with Crippen molar-refractivity contribution in [3.63, 3.8) is 0 Å². The maximum atomic E-state index is 12.9. The van der Waals surface area contributed by atoms with E-state index in [2.05, 4.69) is 0 Å². The molecular formula is C20H28O6P2. The molecule has 0 N–H and O–H groups in total. The minimum atomic E-state index is -3.33. The van der Waals surface area contributed by atoms with Gasteiger partial charge in [0.15, 0.2) is 0 Å². The van der Waals surface area contributed by atoms with Crippen LogP contribution in [0.2, 0.25) is 0 Å². The van der Waals surface area contributed by atoms with E-state index in [-0.39, 0.29) is 13.2 Å². The summed E-state index contributed by atoms with van der Waals surface area (Å²) in [5.41, 5.74) is 0. The average Bonchev–Trinajstić information content (AvgIpc) is 2.72. The third kappa shape index (κ3) is 6.66. The average molecular weight is 426 g/mol.